The first-order valence-electron chi connectivity index (χ1n) is 8.75. The number of hydrogen-bond donors (Lipinski definition) is 2. The molecule has 1 heterocycles. The summed E-state index contributed by atoms with van der Waals surface area (Å²) in [5.41, 5.74) is 3.51. The predicted molar refractivity (Wildman–Crippen MR) is 98.7 cm³/mol. The maximum Gasteiger partial charge on any atom is 0.191 e. The summed E-state index contributed by atoms with van der Waals surface area (Å²) in [6.07, 6.45) is 5.47. The second-order valence-electron chi connectivity index (χ2n) is 6.59. The lowest BCUT2D eigenvalue weighted by Crippen LogP contribution is -2.39. The molecule has 0 saturated heterocycles. The third kappa shape index (κ3) is 4.16. The minimum absolute atomic E-state index is 0.600. The van der Waals surface area contributed by atoms with E-state index < -0.39 is 0 Å². The maximum atomic E-state index is 4.63. The lowest BCUT2D eigenvalue weighted by atomic mass is 10.1. The Morgan fingerprint density at radius 2 is 2.08 bits per heavy atom. The molecule has 1 fully saturated rings. The van der Waals surface area contributed by atoms with Crippen LogP contribution >= 0.6 is 0 Å². The van der Waals surface area contributed by atoms with E-state index in [1.165, 1.54) is 12.0 Å². The average Bonchev–Trinajstić information content (AvgIpc) is 3.17. The van der Waals surface area contributed by atoms with Crippen LogP contribution in [0, 0.1) is 12.8 Å². The fourth-order valence-corrected chi connectivity index (χ4v) is 2.83. The molecule has 1 aromatic carbocycles. The Morgan fingerprint density at radius 3 is 2.75 bits per heavy atom. The number of aryl methyl sites for hydroxylation is 2. The zero-order chi connectivity index (χ0) is 16.9. The summed E-state index contributed by atoms with van der Waals surface area (Å²) in [4.78, 5) is 4.29. The Bertz CT molecular complexity index is 689. The van der Waals surface area contributed by atoms with Gasteiger partial charge in [-0.05, 0) is 49.8 Å². The van der Waals surface area contributed by atoms with E-state index in [0.717, 1.165) is 42.6 Å². The molecule has 1 aliphatic rings. The lowest BCUT2D eigenvalue weighted by molar-refractivity contribution is 0.725. The van der Waals surface area contributed by atoms with Gasteiger partial charge in [0.05, 0.1) is 11.4 Å². The summed E-state index contributed by atoms with van der Waals surface area (Å²) in [6.45, 7) is 5.26. The summed E-state index contributed by atoms with van der Waals surface area (Å²) < 4.78 is 1.97. The van der Waals surface area contributed by atoms with Gasteiger partial charge in [-0.15, -0.1) is 0 Å². The van der Waals surface area contributed by atoms with E-state index in [9.17, 15) is 0 Å². The molecule has 3 rings (SSSR count). The van der Waals surface area contributed by atoms with Gasteiger partial charge in [-0.25, -0.2) is 4.68 Å². The van der Waals surface area contributed by atoms with Gasteiger partial charge >= 0.3 is 0 Å². The van der Waals surface area contributed by atoms with Gasteiger partial charge in [0, 0.05) is 25.8 Å². The molecule has 2 atom stereocenters. The average molecular weight is 325 g/mol. The van der Waals surface area contributed by atoms with Gasteiger partial charge in [0.25, 0.3) is 0 Å². The van der Waals surface area contributed by atoms with Gasteiger partial charge in [-0.3, -0.25) is 4.99 Å². The highest BCUT2D eigenvalue weighted by atomic mass is 15.3. The highest BCUT2D eigenvalue weighted by Gasteiger charge is 2.33. The molecule has 1 aromatic heterocycles. The minimum Gasteiger partial charge on any atom is -0.356 e. The second-order valence-corrected chi connectivity index (χ2v) is 6.59. The molecule has 0 spiro atoms. The van der Waals surface area contributed by atoms with Crippen LogP contribution in [0.2, 0.25) is 0 Å². The Balaban J connectivity index is 1.47. The fourth-order valence-electron chi connectivity index (χ4n) is 2.83. The first-order valence-corrected chi connectivity index (χ1v) is 8.75. The van der Waals surface area contributed by atoms with E-state index in [0.29, 0.717) is 6.04 Å². The normalized spacial score (nSPS) is 20.0. The number of hydrogen-bond acceptors (Lipinski definition) is 2. The van der Waals surface area contributed by atoms with Crippen molar-refractivity contribution in [3.63, 3.8) is 0 Å². The molecule has 0 aliphatic heterocycles. The first-order chi connectivity index (χ1) is 11.7. The number of guanidine groups is 1. The lowest BCUT2D eigenvalue weighted by Gasteiger charge is -2.11. The van der Waals surface area contributed by atoms with Crippen molar-refractivity contribution in [3.05, 3.63) is 47.8 Å². The van der Waals surface area contributed by atoms with Gasteiger partial charge in [0.15, 0.2) is 5.96 Å². The molecule has 5 nitrogen and oxygen atoms in total. The highest BCUT2D eigenvalue weighted by molar-refractivity contribution is 5.80. The molecule has 1 saturated carbocycles. The molecule has 5 heteroatoms. The quantitative estimate of drug-likeness (QED) is 0.488. The van der Waals surface area contributed by atoms with Crippen molar-refractivity contribution >= 4 is 5.96 Å². The SMILES string of the molecule is CN=C(NCCCc1cn(-c2ccccc2)nc1C)NC1CC1C. The molecular formula is C19H27N5. The van der Waals surface area contributed by atoms with Gasteiger partial charge in [-0.2, -0.15) is 5.10 Å². The largest absolute Gasteiger partial charge is 0.356 e. The molecule has 0 amide bonds. The number of benzene rings is 1. The number of nitrogens with zero attached hydrogens (tertiary/aromatic N) is 3. The third-order valence-electron chi connectivity index (χ3n) is 4.59. The molecular weight excluding hydrogens is 298 g/mol. The first kappa shape index (κ1) is 16.6. The van der Waals surface area contributed by atoms with E-state index in [2.05, 4.69) is 52.9 Å². The zero-order valence-electron chi connectivity index (χ0n) is 14.8. The van der Waals surface area contributed by atoms with Crippen LogP contribution in [0.1, 0.15) is 31.0 Å². The molecule has 2 aromatic rings. The predicted octanol–water partition coefficient (Wildman–Crippen LogP) is 2.69. The van der Waals surface area contributed by atoms with E-state index in [-0.39, 0.29) is 0 Å². The van der Waals surface area contributed by atoms with Crippen LogP contribution in [-0.2, 0) is 6.42 Å². The van der Waals surface area contributed by atoms with Crippen molar-refractivity contribution in [1.29, 1.82) is 0 Å². The van der Waals surface area contributed by atoms with E-state index in [4.69, 9.17) is 0 Å². The summed E-state index contributed by atoms with van der Waals surface area (Å²) in [6, 6.07) is 10.8. The van der Waals surface area contributed by atoms with E-state index >= 15 is 0 Å². The van der Waals surface area contributed by atoms with Crippen molar-refractivity contribution < 1.29 is 0 Å². The van der Waals surface area contributed by atoms with Crippen LogP contribution in [0.4, 0.5) is 0 Å². The summed E-state index contributed by atoms with van der Waals surface area (Å²) >= 11 is 0. The van der Waals surface area contributed by atoms with Crippen LogP contribution < -0.4 is 10.6 Å². The van der Waals surface area contributed by atoms with Crippen LogP contribution in [0.5, 0.6) is 0 Å². The van der Waals surface area contributed by atoms with Crippen molar-refractivity contribution in [1.82, 2.24) is 20.4 Å². The summed E-state index contributed by atoms with van der Waals surface area (Å²) in [5, 5.41) is 11.5. The van der Waals surface area contributed by atoms with Crippen LogP contribution in [0.3, 0.4) is 0 Å². The van der Waals surface area contributed by atoms with Crippen molar-refractivity contribution in [2.24, 2.45) is 10.9 Å². The van der Waals surface area contributed by atoms with Crippen molar-refractivity contribution in [3.8, 4) is 5.69 Å². The highest BCUT2D eigenvalue weighted by Crippen LogP contribution is 2.28. The number of aromatic nitrogens is 2. The van der Waals surface area contributed by atoms with Crippen LogP contribution in [-0.4, -0.2) is 35.4 Å². The molecule has 0 radical (unpaired) electrons. The zero-order valence-corrected chi connectivity index (χ0v) is 14.8. The summed E-state index contributed by atoms with van der Waals surface area (Å²) in [5.74, 6) is 1.69. The van der Waals surface area contributed by atoms with E-state index in [1.807, 2.05) is 29.9 Å². The number of aliphatic imine (C=N–C) groups is 1. The van der Waals surface area contributed by atoms with Crippen LogP contribution in [0.25, 0.3) is 5.69 Å². The van der Waals surface area contributed by atoms with Crippen molar-refractivity contribution in [2.75, 3.05) is 13.6 Å². The Hall–Kier alpha value is -2.30. The maximum absolute atomic E-state index is 4.63. The molecule has 1 aliphatic carbocycles. The summed E-state index contributed by atoms with van der Waals surface area (Å²) in [7, 11) is 1.83. The van der Waals surface area contributed by atoms with Gasteiger partial charge in [0.2, 0.25) is 0 Å². The fraction of sp³-hybridized carbons (Fsp3) is 0.474. The van der Waals surface area contributed by atoms with Gasteiger partial charge in [0.1, 0.15) is 0 Å². The molecule has 128 valence electrons. The molecule has 0 bridgehead atoms. The minimum atomic E-state index is 0.600. The third-order valence-corrected chi connectivity index (χ3v) is 4.59. The topological polar surface area (TPSA) is 54.2 Å². The number of nitrogens with one attached hydrogen (secondary N) is 2. The van der Waals surface area contributed by atoms with Gasteiger partial charge in [-0.1, -0.05) is 25.1 Å². The Labute approximate surface area is 144 Å². The molecule has 24 heavy (non-hydrogen) atoms. The van der Waals surface area contributed by atoms with E-state index in [1.54, 1.807) is 0 Å². The second kappa shape index (κ2) is 7.51. The van der Waals surface area contributed by atoms with Crippen molar-refractivity contribution in [2.45, 2.75) is 39.2 Å². The molecule has 2 unspecified atom stereocenters. The molecule has 2 N–H and O–H groups in total. The number of para-hydroxylation sites is 1. The van der Waals surface area contributed by atoms with Gasteiger partial charge < -0.3 is 10.6 Å². The Morgan fingerprint density at radius 1 is 1.33 bits per heavy atom. The smallest absolute Gasteiger partial charge is 0.191 e. The Kier molecular flexibility index (Phi) is 5.18. The standard InChI is InChI=1S/C19H27N5/c1-14-12-18(14)22-19(20-3)21-11-7-8-16-13-24(23-15(16)2)17-9-5-4-6-10-17/h4-6,9-10,13-14,18H,7-8,11-12H2,1-3H3,(H2,20,21,22). The number of rotatable bonds is 6. The van der Waals surface area contributed by atoms with Crippen LogP contribution in [0.15, 0.2) is 41.5 Å². The monoisotopic (exact) mass is 325 g/mol.